The molecule has 0 unspecified atom stereocenters. The second-order valence-electron chi connectivity index (χ2n) is 4.70. The second kappa shape index (κ2) is 5.69. The van der Waals surface area contributed by atoms with Gasteiger partial charge in [0.2, 0.25) is 0 Å². The third-order valence-electron chi connectivity index (χ3n) is 3.25. The molecule has 1 aliphatic rings. The first-order chi connectivity index (χ1) is 8.57. The van der Waals surface area contributed by atoms with Crippen molar-refractivity contribution in [3.8, 4) is 0 Å². The van der Waals surface area contributed by atoms with Crippen molar-refractivity contribution in [1.82, 2.24) is 9.88 Å². The highest BCUT2D eigenvalue weighted by atomic mass is 19.4. The molecule has 0 saturated carbocycles. The molecular weight excluding hydrogens is 241 g/mol. The van der Waals surface area contributed by atoms with Crippen LogP contribution in [0.1, 0.15) is 36.9 Å². The van der Waals surface area contributed by atoms with E-state index < -0.39 is 11.9 Å². The van der Waals surface area contributed by atoms with Gasteiger partial charge in [-0.3, -0.25) is 9.88 Å². The standard InChI is InChI=1S/C13H17F3N2/c14-13(15,16)12-11(6-5-7-17-12)10-18-8-3-1-2-4-9-18/h5-7H,1-4,8-10H2. The number of likely N-dealkylation sites (tertiary alicyclic amines) is 1. The largest absolute Gasteiger partial charge is 0.433 e. The van der Waals surface area contributed by atoms with Gasteiger partial charge >= 0.3 is 6.18 Å². The quantitative estimate of drug-likeness (QED) is 0.807. The molecule has 0 spiro atoms. The highest BCUT2D eigenvalue weighted by Crippen LogP contribution is 2.30. The molecule has 0 aromatic carbocycles. The lowest BCUT2D eigenvalue weighted by Crippen LogP contribution is -2.26. The molecule has 0 radical (unpaired) electrons. The maximum absolute atomic E-state index is 12.8. The Kier molecular flexibility index (Phi) is 4.22. The van der Waals surface area contributed by atoms with Crippen LogP contribution in [-0.2, 0) is 12.7 Å². The lowest BCUT2D eigenvalue weighted by molar-refractivity contribution is -0.142. The SMILES string of the molecule is FC(F)(F)c1ncccc1CN1CCCCCC1. The summed E-state index contributed by atoms with van der Waals surface area (Å²) in [6.07, 6.45) is 1.34. The Hall–Kier alpha value is -1.10. The minimum Gasteiger partial charge on any atom is -0.299 e. The van der Waals surface area contributed by atoms with E-state index in [1.165, 1.54) is 25.1 Å². The van der Waals surface area contributed by atoms with Crippen LogP contribution in [0.3, 0.4) is 0 Å². The summed E-state index contributed by atoms with van der Waals surface area (Å²) in [5.41, 5.74) is -0.457. The van der Waals surface area contributed by atoms with E-state index in [1.807, 2.05) is 0 Å². The van der Waals surface area contributed by atoms with Crippen molar-refractivity contribution in [2.45, 2.75) is 38.4 Å². The second-order valence-corrected chi connectivity index (χ2v) is 4.70. The Morgan fingerprint density at radius 3 is 2.39 bits per heavy atom. The summed E-state index contributed by atoms with van der Waals surface area (Å²) >= 11 is 0. The van der Waals surface area contributed by atoms with Crippen LogP contribution < -0.4 is 0 Å². The van der Waals surface area contributed by atoms with Crippen molar-refractivity contribution in [2.24, 2.45) is 0 Å². The van der Waals surface area contributed by atoms with Crippen molar-refractivity contribution in [1.29, 1.82) is 0 Å². The van der Waals surface area contributed by atoms with Gasteiger partial charge in [-0.25, -0.2) is 0 Å². The minimum absolute atomic E-state index is 0.284. The van der Waals surface area contributed by atoms with Crippen LogP contribution in [-0.4, -0.2) is 23.0 Å². The van der Waals surface area contributed by atoms with Gasteiger partial charge < -0.3 is 0 Å². The summed E-state index contributed by atoms with van der Waals surface area (Å²) in [4.78, 5) is 5.58. The van der Waals surface area contributed by atoms with Gasteiger partial charge in [-0.15, -0.1) is 0 Å². The van der Waals surface area contributed by atoms with Crippen molar-refractivity contribution in [3.63, 3.8) is 0 Å². The molecule has 2 rings (SSSR count). The summed E-state index contributed by atoms with van der Waals surface area (Å²) < 4.78 is 38.4. The van der Waals surface area contributed by atoms with Gasteiger partial charge in [0.25, 0.3) is 0 Å². The molecule has 0 N–H and O–H groups in total. The molecule has 2 heterocycles. The van der Waals surface area contributed by atoms with Gasteiger partial charge in [0, 0.05) is 12.7 Å². The van der Waals surface area contributed by atoms with Crippen molar-refractivity contribution < 1.29 is 13.2 Å². The lowest BCUT2D eigenvalue weighted by Gasteiger charge is -2.21. The molecule has 100 valence electrons. The molecule has 0 aliphatic carbocycles. The molecule has 1 aliphatic heterocycles. The normalized spacial score (nSPS) is 18.6. The van der Waals surface area contributed by atoms with Gasteiger partial charge in [0.05, 0.1) is 0 Å². The lowest BCUT2D eigenvalue weighted by atomic mass is 10.1. The maximum Gasteiger partial charge on any atom is 0.433 e. The summed E-state index contributed by atoms with van der Waals surface area (Å²) in [6.45, 7) is 2.11. The number of rotatable bonds is 2. The number of pyridine rings is 1. The molecule has 1 saturated heterocycles. The molecule has 18 heavy (non-hydrogen) atoms. The first-order valence-electron chi connectivity index (χ1n) is 6.31. The highest BCUT2D eigenvalue weighted by molar-refractivity contribution is 5.22. The summed E-state index contributed by atoms with van der Waals surface area (Å²) in [5.74, 6) is 0. The first kappa shape index (κ1) is 13.3. The Balaban J connectivity index is 2.13. The average Bonchev–Trinajstić information content (AvgIpc) is 2.57. The van der Waals surface area contributed by atoms with Crippen LogP contribution in [0.2, 0.25) is 0 Å². The van der Waals surface area contributed by atoms with Crippen LogP contribution in [0.15, 0.2) is 18.3 Å². The summed E-state index contributed by atoms with van der Waals surface area (Å²) in [6, 6.07) is 3.10. The third-order valence-corrected chi connectivity index (χ3v) is 3.25. The smallest absolute Gasteiger partial charge is 0.299 e. The molecule has 1 fully saturated rings. The van der Waals surface area contributed by atoms with Crippen molar-refractivity contribution in [2.75, 3.05) is 13.1 Å². The Morgan fingerprint density at radius 1 is 1.11 bits per heavy atom. The van der Waals surface area contributed by atoms with E-state index in [0.717, 1.165) is 25.9 Å². The maximum atomic E-state index is 12.8. The zero-order valence-electron chi connectivity index (χ0n) is 10.2. The van der Waals surface area contributed by atoms with E-state index in [0.29, 0.717) is 6.54 Å². The van der Waals surface area contributed by atoms with Crippen LogP contribution in [0, 0.1) is 0 Å². The van der Waals surface area contributed by atoms with Gasteiger partial charge in [0.15, 0.2) is 0 Å². The molecule has 0 amide bonds. The fourth-order valence-corrected chi connectivity index (χ4v) is 2.36. The van der Waals surface area contributed by atoms with Gasteiger partial charge in [-0.2, -0.15) is 13.2 Å². The van der Waals surface area contributed by atoms with Gasteiger partial charge in [-0.1, -0.05) is 18.9 Å². The molecular formula is C13H17F3N2. The average molecular weight is 258 g/mol. The minimum atomic E-state index is -4.36. The van der Waals surface area contributed by atoms with Crippen LogP contribution in [0.25, 0.3) is 0 Å². The number of aromatic nitrogens is 1. The number of hydrogen-bond acceptors (Lipinski definition) is 2. The van der Waals surface area contributed by atoms with E-state index in [9.17, 15) is 13.2 Å². The number of hydrogen-bond donors (Lipinski definition) is 0. The Labute approximate surface area is 105 Å². The Morgan fingerprint density at radius 2 is 1.78 bits per heavy atom. The fourth-order valence-electron chi connectivity index (χ4n) is 2.36. The molecule has 0 atom stereocenters. The van der Waals surface area contributed by atoms with Crippen LogP contribution in [0.4, 0.5) is 13.2 Å². The van der Waals surface area contributed by atoms with E-state index in [1.54, 1.807) is 6.07 Å². The molecule has 0 bridgehead atoms. The van der Waals surface area contributed by atoms with Gasteiger partial charge in [0.1, 0.15) is 5.69 Å². The number of nitrogens with zero attached hydrogens (tertiary/aromatic N) is 2. The van der Waals surface area contributed by atoms with E-state index in [-0.39, 0.29) is 5.56 Å². The number of halogens is 3. The predicted molar refractivity (Wildman–Crippen MR) is 63.0 cm³/mol. The van der Waals surface area contributed by atoms with Crippen LogP contribution in [0.5, 0.6) is 0 Å². The molecule has 1 aromatic heterocycles. The van der Waals surface area contributed by atoms with Gasteiger partial charge in [-0.05, 0) is 37.6 Å². The molecule has 1 aromatic rings. The zero-order chi connectivity index (χ0) is 13.0. The van der Waals surface area contributed by atoms with E-state index in [2.05, 4.69) is 9.88 Å². The van der Waals surface area contributed by atoms with Crippen molar-refractivity contribution in [3.05, 3.63) is 29.6 Å². The van der Waals surface area contributed by atoms with E-state index >= 15 is 0 Å². The monoisotopic (exact) mass is 258 g/mol. The Bertz CT molecular complexity index is 382. The first-order valence-corrected chi connectivity index (χ1v) is 6.31. The molecule has 5 heteroatoms. The highest BCUT2D eigenvalue weighted by Gasteiger charge is 2.35. The van der Waals surface area contributed by atoms with E-state index in [4.69, 9.17) is 0 Å². The summed E-state index contributed by atoms with van der Waals surface area (Å²) in [5, 5.41) is 0. The summed E-state index contributed by atoms with van der Waals surface area (Å²) in [7, 11) is 0. The topological polar surface area (TPSA) is 16.1 Å². The van der Waals surface area contributed by atoms with Crippen LogP contribution >= 0.6 is 0 Å². The third kappa shape index (κ3) is 3.45. The molecule has 2 nitrogen and oxygen atoms in total. The predicted octanol–water partition coefficient (Wildman–Crippen LogP) is 3.48. The fraction of sp³-hybridized carbons (Fsp3) is 0.615. The zero-order valence-corrected chi connectivity index (χ0v) is 10.2. The number of alkyl halides is 3. The van der Waals surface area contributed by atoms with Crippen molar-refractivity contribution >= 4 is 0 Å².